The summed E-state index contributed by atoms with van der Waals surface area (Å²) in [5, 5.41) is 13.7. The maximum Gasteiger partial charge on any atom is 0.405 e. The van der Waals surface area contributed by atoms with Crippen LogP contribution in [0.15, 0.2) is 24.4 Å². The number of alkyl halides is 2. The van der Waals surface area contributed by atoms with Crippen LogP contribution in [0.4, 0.5) is 18.0 Å². The smallest absolute Gasteiger partial charge is 0.405 e. The molecule has 2 heterocycles. The van der Waals surface area contributed by atoms with E-state index < -0.39 is 42.4 Å². The highest BCUT2D eigenvalue weighted by Crippen LogP contribution is 2.39. The number of hydrogen-bond acceptors (Lipinski definition) is 5. The Labute approximate surface area is 196 Å². The van der Waals surface area contributed by atoms with Gasteiger partial charge >= 0.3 is 6.09 Å². The lowest BCUT2D eigenvalue weighted by Crippen LogP contribution is -2.70. The first-order valence-corrected chi connectivity index (χ1v) is 10.2. The maximum atomic E-state index is 14.9. The summed E-state index contributed by atoms with van der Waals surface area (Å²) in [4.78, 5) is 27.5. The third-order valence-electron chi connectivity index (χ3n) is 4.78. The number of rotatable bonds is 8. The van der Waals surface area contributed by atoms with Crippen molar-refractivity contribution in [3.8, 4) is 16.9 Å². The number of carbonyl (C=O) groups is 2. The molecule has 0 aliphatic carbocycles. The van der Waals surface area contributed by atoms with Gasteiger partial charge in [-0.3, -0.25) is 9.78 Å². The molecule has 33 heavy (non-hydrogen) atoms. The standard InChI is InChI=1S/C20H18Cl2F3N3O5/c1-9(27-18(29)20(7-32-8-20)28-19(30)31)16-14(23)2-10(5-26-16)12-3-11(21)4-13(22)17(12)33-6-15(24)25/h2-5,9,15,28H,6-8H2,1H3,(H,27,29)(H,30,31)/t9-/m1/s1. The average Bonchev–Trinajstić information content (AvgIpc) is 2.68. The van der Waals surface area contributed by atoms with Gasteiger partial charge in [-0.05, 0) is 25.1 Å². The summed E-state index contributed by atoms with van der Waals surface area (Å²) in [5.41, 5.74) is -1.30. The number of nitrogens with zero attached hydrogens (tertiary/aromatic N) is 1. The summed E-state index contributed by atoms with van der Waals surface area (Å²) < 4.78 is 50.2. The van der Waals surface area contributed by atoms with E-state index in [1.165, 1.54) is 25.3 Å². The predicted octanol–water partition coefficient (Wildman–Crippen LogP) is 4.05. The number of amides is 2. The summed E-state index contributed by atoms with van der Waals surface area (Å²) in [5.74, 6) is -1.62. The van der Waals surface area contributed by atoms with Crippen molar-refractivity contribution in [3.63, 3.8) is 0 Å². The molecule has 1 fully saturated rings. The summed E-state index contributed by atoms with van der Waals surface area (Å²) >= 11 is 12.1. The molecule has 3 N–H and O–H groups in total. The fourth-order valence-electron chi connectivity index (χ4n) is 3.16. The van der Waals surface area contributed by atoms with Crippen LogP contribution in [0.5, 0.6) is 5.75 Å². The van der Waals surface area contributed by atoms with Crippen molar-refractivity contribution in [2.24, 2.45) is 0 Å². The van der Waals surface area contributed by atoms with Gasteiger partial charge in [0, 0.05) is 22.3 Å². The van der Waals surface area contributed by atoms with Crippen LogP contribution in [0.2, 0.25) is 10.0 Å². The third-order valence-corrected chi connectivity index (χ3v) is 5.28. The molecule has 1 aromatic carbocycles. The van der Waals surface area contributed by atoms with Crippen molar-refractivity contribution < 1.29 is 37.3 Å². The molecule has 0 unspecified atom stereocenters. The molecule has 8 nitrogen and oxygen atoms in total. The fraction of sp³-hybridized carbons (Fsp3) is 0.350. The molecule has 0 bridgehead atoms. The van der Waals surface area contributed by atoms with E-state index in [1.54, 1.807) is 0 Å². The van der Waals surface area contributed by atoms with Crippen molar-refractivity contribution >= 4 is 35.2 Å². The highest BCUT2D eigenvalue weighted by molar-refractivity contribution is 6.36. The van der Waals surface area contributed by atoms with Crippen LogP contribution in [-0.2, 0) is 9.53 Å². The van der Waals surface area contributed by atoms with Gasteiger partial charge in [-0.25, -0.2) is 18.0 Å². The molecule has 1 saturated heterocycles. The minimum Gasteiger partial charge on any atom is -0.485 e. The monoisotopic (exact) mass is 507 g/mol. The average molecular weight is 508 g/mol. The Morgan fingerprint density at radius 1 is 1.30 bits per heavy atom. The van der Waals surface area contributed by atoms with Gasteiger partial charge in [0.1, 0.15) is 18.2 Å². The van der Waals surface area contributed by atoms with Gasteiger partial charge in [0.15, 0.2) is 5.54 Å². The zero-order valence-electron chi connectivity index (χ0n) is 17.0. The Hall–Kier alpha value is -2.76. The second-order valence-electron chi connectivity index (χ2n) is 7.26. The quantitative estimate of drug-likeness (QED) is 0.497. The number of nitrogens with one attached hydrogen (secondary N) is 2. The Morgan fingerprint density at radius 3 is 2.55 bits per heavy atom. The van der Waals surface area contributed by atoms with Gasteiger partial charge < -0.3 is 25.2 Å². The van der Waals surface area contributed by atoms with Crippen molar-refractivity contribution in [3.05, 3.63) is 46.0 Å². The fourth-order valence-corrected chi connectivity index (χ4v) is 3.70. The van der Waals surface area contributed by atoms with Gasteiger partial charge in [-0.1, -0.05) is 23.2 Å². The van der Waals surface area contributed by atoms with E-state index in [0.29, 0.717) is 0 Å². The maximum absolute atomic E-state index is 14.9. The zero-order chi connectivity index (χ0) is 24.3. The van der Waals surface area contributed by atoms with Crippen LogP contribution in [0.25, 0.3) is 11.1 Å². The van der Waals surface area contributed by atoms with E-state index in [2.05, 4.69) is 15.6 Å². The largest absolute Gasteiger partial charge is 0.485 e. The molecule has 3 rings (SSSR count). The number of ether oxygens (including phenoxy) is 2. The van der Waals surface area contributed by atoms with Crippen molar-refractivity contribution in [2.75, 3.05) is 19.8 Å². The second-order valence-corrected chi connectivity index (χ2v) is 8.10. The van der Waals surface area contributed by atoms with Crippen LogP contribution in [0.3, 0.4) is 0 Å². The molecule has 2 aromatic rings. The lowest BCUT2D eigenvalue weighted by molar-refractivity contribution is -0.147. The highest BCUT2D eigenvalue weighted by atomic mass is 35.5. The van der Waals surface area contributed by atoms with Crippen LogP contribution in [0.1, 0.15) is 18.7 Å². The van der Waals surface area contributed by atoms with Gasteiger partial charge in [0.2, 0.25) is 0 Å². The predicted molar refractivity (Wildman–Crippen MR) is 112 cm³/mol. The van der Waals surface area contributed by atoms with Gasteiger partial charge in [0.25, 0.3) is 12.3 Å². The summed E-state index contributed by atoms with van der Waals surface area (Å²) in [6.45, 7) is 0.207. The normalized spacial score (nSPS) is 15.5. The molecule has 0 spiro atoms. The Kier molecular flexibility index (Phi) is 7.55. The van der Waals surface area contributed by atoms with E-state index in [0.717, 1.165) is 6.07 Å². The van der Waals surface area contributed by atoms with Crippen molar-refractivity contribution in [1.29, 1.82) is 0 Å². The third kappa shape index (κ3) is 5.60. The SMILES string of the molecule is C[C@@H](NC(=O)C1(NC(=O)O)COC1)c1ncc(-c2cc(Cl)cc(Cl)c2OCC(F)F)cc1F. The molecule has 1 aromatic heterocycles. The number of benzene rings is 1. The first kappa shape index (κ1) is 24.9. The minimum absolute atomic E-state index is 0.0396. The van der Waals surface area contributed by atoms with E-state index in [9.17, 15) is 22.8 Å². The number of hydrogen-bond donors (Lipinski definition) is 3. The molecule has 2 amide bonds. The second kappa shape index (κ2) is 10.0. The van der Waals surface area contributed by atoms with Crippen LogP contribution < -0.4 is 15.4 Å². The molecule has 1 aliphatic rings. The zero-order valence-corrected chi connectivity index (χ0v) is 18.5. The van der Waals surface area contributed by atoms with Crippen molar-refractivity contribution in [1.82, 2.24) is 15.6 Å². The topological polar surface area (TPSA) is 110 Å². The number of carbonyl (C=O) groups excluding carboxylic acids is 1. The number of carboxylic acid groups (broad SMARTS) is 1. The number of pyridine rings is 1. The Morgan fingerprint density at radius 2 is 2.00 bits per heavy atom. The summed E-state index contributed by atoms with van der Waals surface area (Å²) in [7, 11) is 0. The van der Waals surface area contributed by atoms with E-state index in [4.69, 9.17) is 37.8 Å². The highest BCUT2D eigenvalue weighted by Gasteiger charge is 2.48. The Balaban J connectivity index is 1.84. The van der Waals surface area contributed by atoms with Crippen molar-refractivity contribution in [2.45, 2.75) is 24.9 Å². The summed E-state index contributed by atoms with van der Waals surface area (Å²) in [6, 6.07) is 2.80. The minimum atomic E-state index is -2.76. The molecule has 13 heteroatoms. The molecule has 1 aliphatic heterocycles. The number of aromatic nitrogens is 1. The Bertz CT molecular complexity index is 1070. The molecule has 0 radical (unpaired) electrons. The van der Waals surface area contributed by atoms with Crippen LogP contribution in [-0.4, -0.2) is 53.9 Å². The molecular formula is C20H18Cl2F3N3O5. The van der Waals surface area contributed by atoms with Gasteiger partial charge in [0.05, 0.1) is 30.0 Å². The molecule has 178 valence electrons. The van der Waals surface area contributed by atoms with Crippen LogP contribution in [0, 0.1) is 5.82 Å². The first-order valence-electron chi connectivity index (χ1n) is 9.48. The van der Waals surface area contributed by atoms with Gasteiger partial charge in [-0.15, -0.1) is 0 Å². The van der Waals surface area contributed by atoms with E-state index >= 15 is 0 Å². The lowest BCUT2D eigenvalue weighted by atomic mass is 9.95. The van der Waals surface area contributed by atoms with E-state index in [-0.39, 0.29) is 45.8 Å². The van der Waals surface area contributed by atoms with Gasteiger partial charge in [-0.2, -0.15) is 0 Å². The summed E-state index contributed by atoms with van der Waals surface area (Å²) in [6.07, 6.45) is -2.91. The first-order chi connectivity index (χ1) is 15.5. The van der Waals surface area contributed by atoms with Crippen LogP contribution >= 0.6 is 23.2 Å². The molecular weight excluding hydrogens is 490 g/mol. The lowest BCUT2D eigenvalue weighted by Gasteiger charge is -2.39. The molecule has 0 saturated carbocycles. The number of halogens is 5. The molecule has 1 atom stereocenters. The van der Waals surface area contributed by atoms with E-state index in [1.807, 2.05) is 0 Å².